The first-order valence-electron chi connectivity index (χ1n) is 12.3. The van der Waals surface area contributed by atoms with Gasteiger partial charge in [-0.15, -0.1) is 0 Å². The maximum absolute atomic E-state index is 8.23. The van der Waals surface area contributed by atoms with Gasteiger partial charge in [-0.05, 0) is 60.1 Å². The number of aromatic nitrogens is 1. The van der Waals surface area contributed by atoms with Crippen LogP contribution < -0.4 is 4.57 Å². The van der Waals surface area contributed by atoms with Crippen LogP contribution >= 0.6 is 0 Å². The summed E-state index contributed by atoms with van der Waals surface area (Å²) in [4.78, 5) is 0. The van der Waals surface area contributed by atoms with E-state index in [1.165, 1.54) is 0 Å². The minimum absolute atomic E-state index is 0.116. The van der Waals surface area contributed by atoms with Gasteiger partial charge in [0.1, 0.15) is 7.05 Å². The number of pyridine rings is 1. The molecule has 1 nitrogen and oxygen atoms in total. The molecule has 4 aromatic rings. The van der Waals surface area contributed by atoms with Crippen molar-refractivity contribution in [3.63, 3.8) is 0 Å². The van der Waals surface area contributed by atoms with Crippen LogP contribution in [-0.4, -0.2) is 0 Å². The van der Waals surface area contributed by atoms with Gasteiger partial charge in [0.05, 0.1) is 0 Å². The fourth-order valence-corrected chi connectivity index (χ4v) is 3.59. The van der Waals surface area contributed by atoms with Crippen LogP contribution in [0.4, 0.5) is 0 Å². The molecule has 0 fully saturated rings. The van der Waals surface area contributed by atoms with E-state index in [1.807, 2.05) is 74.6 Å². The maximum atomic E-state index is 8.23. The van der Waals surface area contributed by atoms with Gasteiger partial charge < -0.3 is 0 Å². The second-order valence-electron chi connectivity index (χ2n) is 7.04. The first-order chi connectivity index (χ1) is 16.0. The molecule has 0 saturated carbocycles. The van der Waals surface area contributed by atoms with Crippen molar-refractivity contribution in [2.45, 2.75) is 20.6 Å². The van der Waals surface area contributed by atoms with Crippen molar-refractivity contribution in [2.24, 2.45) is 7.05 Å². The summed E-state index contributed by atoms with van der Waals surface area (Å²) in [6, 6.07) is 24.4. The van der Waals surface area contributed by atoms with Crippen molar-refractivity contribution in [2.75, 3.05) is 0 Å². The summed E-state index contributed by atoms with van der Waals surface area (Å²) in [5.41, 5.74) is 5.53. The summed E-state index contributed by atoms with van der Waals surface area (Å²) in [5.74, 6) is 0. The van der Waals surface area contributed by atoms with Crippen LogP contribution in [0.5, 0.6) is 0 Å². The Kier molecular flexibility index (Phi) is 3.27. The standard InChI is InChI=1S/C27H26N/c1-19-10-8-9-13-25(19)27-17-26(21(3)18-28(27)4)24-15-14-23(16-20(24)2)22-11-6-5-7-12-22/h5-18H,1-4H3/q+1/i2D3,3D3. The SMILES string of the molecule is [2H]C([2H])([2H])c1cc(-c2ccccc2)ccc1-c1cc(-c2ccccc2C)[n+](C)cc1C([2H])([2H])[2H]. The average molecular weight is 371 g/mol. The molecule has 1 aromatic heterocycles. The van der Waals surface area contributed by atoms with E-state index in [0.29, 0.717) is 11.1 Å². The molecule has 1 heteroatoms. The molecule has 28 heavy (non-hydrogen) atoms. The largest absolute Gasteiger partial charge is 0.213 e. The average Bonchev–Trinajstić information content (AvgIpc) is 2.78. The molecule has 0 saturated heterocycles. The number of hydrogen-bond acceptors (Lipinski definition) is 0. The Morgan fingerprint density at radius 1 is 0.643 bits per heavy atom. The van der Waals surface area contributed by atoms with E-state index >= 15 is 0 Å². The van der Waals surface area contributed by atoms with Crippen LogP contribution in [-0.2, 0) is 7.05 Å². The lowest BCUT2D eigenvalue weighted by Crippen LogP contribution is -2.31. The first kappa shape index (κ1) is 12.3. The second-order valence-corrected chi connectivity index (χ2v) is 7.04. The number of nitrogens with zero attached hydrogens (tertiary/aromatic N) is 1. The molecule has 0 spiro atoms. The molecule has 0 N–H and O–H groups in total. The predicted octanol–water partition coefficient (Wildman–Crippen LogP) is 6.44. The van der Waals surface area contributed by atoms with Gasteiger partial charge in [-0.2, -0.15) is 0 Å². The van der Waals surface area contributed by atoms with Crippen LogP contribution in [0.1, 0.15) is 24.9 Å². The third-order valence-corrected chi connectivity index (χ3v) is 5.11. The molecule has 0 amide bonds. The molecular weight excluding hydrogens is 338 g/mol. The van der Waals surface area contributed by atoms with E-state index in [-0.39, 0.29) is 11.1 Å². The summed E-state index contributed by atoms with van der Waals surface area (Å²) in [7, 11) is 1.81. The van der Waals surface area contributed by atoms with Crippen LogP contribution in [0.3, 0.4) is 0 Å². The fourth-order valence-electron chi connectivity index (χ4n) is 3.59. The lowest BCUT2D eigenvalue weighted by molar-refractivity contribution is -0.660. The van der Waals surface area contributed by atoms with Gasteiger partial charge >= 0.3 is 0 Å². The second kappa shape index (κ2) is 7.44. The van der Waals surface area contributed by atoms with Crippen LogP contribution in [0.2, 0.25) is 0 Å². The number of aryl methyl sites for hydroxylation is 4. The van der Waals surface area contributed by atoms with Crippen molar-refractivity contribution in [1.29, 1.82) is 0 Å². The van der Waals surface area contributed by atoms with Crippen molar-refractivity contribution in [1.82, 2.24) is 0 Å². The van der Waals surface area contributed by atoms with E-state index in [4.69, 9.17) is 8.22 Å². The van der Waals surface area contributed by atoms with Gasteiger partial charge in [0.2, 0.25) is 5.69 Å². The lowest BCUT2D eigenvalue weighted by atomic mass is 9.92. The van der Waals surface area contributed by atoms with Gasteiger partial charge in [-0.1, -0.05) is 66.7 Å². The van der Waals surface area contributed by atoms with Crippen LogP contribution in [0.15, 0.2) is 85.1 Å². The number of hydrogen-bond donors (Lipinski definition) is 0. The summed E-state index contributed by atoms with van der Waals surface area (Å²) < 4.78 is 51.0. The molecule has 0 atom stereocenters. The van der Waals surface area contributed by atoms with E-state index in [9.17, 15) is 0 Å². The van der Waals surface area contributed by atoms with Crippen LogP contribution in [0.25, 0.3) is 33.5 Å². The predicted molar refractivity (Wildman–Crippen MR) is 118 cm³/mol. The number of rotatable bonds is 3. The summed E-state index contributed by atoms with van der Waals surface area (Å²) >= 11 is 0. The van der Waals surface area contributed by atoms with Gasteiger partial charge in [0.25, 0.3) is 0 Å². The molecule has 0 aliphatic heterocycles. The van der Waals surface area contributed by atoms with Crippen molar-refractivity contribution in [3.05, 3.63) is 102 Å². The molecule has 138 valence electrons. The minimum Gasteiger partial charge on any atom is -0.201 e. The molecule has 0 aliphatic rings. The topological polar surface area (TPSA) is 3.88 Å². The van der Waals surface area contributed by atoms with E-state index in [1.54, 1.807) is 29.0 Å². The zero-order valence-electron chi connectivity index (χ0n) is 22.0. The highest BCUT2D eigenvalue weighted by atomic mass is 14.9. The molecule has 3 aromatic carbocycles. The zero-order chi connectivity index (χ0) is 24.7. The highest BCUT2D eigenvalue weighted by molar-refractivity contribution is 5.77. The smallest absolute Gasteiger partial charge is 0.201 e. The third-order valence-electron chi connectivity index (χ3n) is 5.11. The molecule has 0 unspecified atom stereocenters. The van der Waals surface area contributed by atoms with Gasteiger partial charge in [0, 0.05) is 25.4 Å². The van der Waals surface area contributed by atoms with Gasteiger partial charge in [-0.3, -0.25) is 0 Å². The van der Waals surface area contributed by atoms with Crippen LogP contribution in [0, 0.1) is 20.6 Å². The monoisotopic (exact) mass is 370 g/mol. The summed E-state index contributed by atoms with van der Waals surface area (Å²) in [6.07, 6.45) is 1.60. The fraction of sp³-hybridized carbons (Fsp3) is 0.148. The molecule has 0 bridgehead atoms. The van der Waals surface area contributed by atoms with Crippen molar-refractivity contribution < 1.29 is 12.8 Å². The van der Waals surface area contributed by atoms with E-state index < -0.39 is 13.7 Å². The zero-order valence-corrected chi connectivity index (χ0v) is 16.0. The molecule has 0 radical (unpaired) electrons. The van der Waals surface area contributed by atoms with Gasteiger partial charge in [0.15, 0.2) is 6.20 Å². The lowest BCUT2D eigenvalue weighted by Gasteiger charge is -2.13. The maximum Gasteiger partial charge on any atom is 0.213 e. The Hall–Kier alpha value is -3.19. The van der Waals surface area contributed by atoms with E-state index in [2.05, 4.69) is 0 Å². The molecular formula is C27H26N+. The highest BCUT2D eigenvalue weighted by Gasteiger charge is 2.17. The Balaban J connectivity index is 2.03. The summed E-state index contributed by atoms with van der Waals surface area (Å²) in [5, 5.41) is 0. The number of benzene rings is 3. The van der Waals surface area contributed by atoms with Crippen molar-refractivity contribution in [3.8, 4) is 33.5 Å². The minimum atomic E-state index is -2.42. The normalized spacial score (nSPS) is 14.9. The third kappa shape index (κ3) is 3.36. The quantitative estimate of drug-likeness (QED) is 0.365. The Morgan fingerprint density at radius 3 is 2.14 bits per heavy atom. The molecule has 4 rings (SSSR count). The summed E-state index contributed by atoms with van der Waals surface area (Å²) in [6.45, 7) is -2.84. The molecule has 0 aliphatic carbocycles. The molecule has 1 heterocycles. The van der Waals surface area contributed by atoms with E-state index in [0.717, 1.165) is 27.9 Å². The Labute approximate surface area is 176 Å². The Morgan fingerprint density at radius 2 is 1.39 bits per heavy atom. The van der Waals surface area contributed by atoms with Gasteiger partial charge in [-0.25, -0.2) is 4.57 Å². The van der Waals surface area contributed by atoms with Crippen molar-refractivity contribution >= 4 is 0 Å². The first-order valence-corrected chi connectivity index (χ1v) is 9.27. The highest BCUT2D eigenvalue weighted by Crippen LogP contribution is 2.32. The Bertz CT molecular complexity index is 1340.